The first kappa shape index (κ1) is 9.76. The van der Waals surface area contributed by atoms with Gasteiger partial charge in [-0.05, 0) is 13.0 Å². The van der Waals surface area contributed by atoms with E-state index in [1.54, 1.807) is 6.07 Å². The van der Waals surface area contributed by atoms with E-state index in [2.05, 4.69) is 15.5 Å². The van der Waals surface area contributed by atoms with Crippen LogP contribution in [0.1, 0.15) is 18.9 Å². The van der Waals surface area contributed by atoms with Crippen molar-refractivity contribution in [3.63, 3.8) is 0 Å². The molecule has 0 saturated carbocycles. The molecule has 0 unspecified atom stereocenters. The number of nitrogens with one attached hydrogen (secondary N) is 1. The van der Waals surface area contributed by atoms with Crippen LogP contribution >= 0.6 is 0 Å². The summed E-state index contributed by atoms with van der Waals surface area (Å²) in [6.07, 6.45) is 0.708. The van der Waals surface area contributed by atoms with Crippen LogP contribution in [0.4, 0.5) is 5.82 Å². The van der Waals surface area contributed by atoms with Gasteiger partial charge in [0.25, 0.3) is 0 Å². The van der Waals surface area contributed by atoms with Gasteiger partial charge in [-0.25, -0.2) is 0 Å². The van der Waals surface area contributed by atoms with Crippen LogP contribution in [-0.2, 0) is 0 Å². The molecule has 0 radical (unpaired) electrons. The number of pyridine rings is 1. The fourth-order valence-electron chi connectivity index (χ4n) is 1.57. The van der Waals surface area contributed by atoms with Crippen LogP contribution in [0, 0.1) is 0 Å². The number of anilines is 1. The molecule has 0 aliphatic carbocycles. The predicted molar refractivity (Wildman–Crippen MR) is 56.8 cm³/mol. The Kier molecular flexibility index (Phi) is 2.71. The van der Waals surface area contributed by atoms with Crippen molar-refractivity contribution in [2.45, 2.75) is 13.3 Å². The summed E-state index contributed by atoms with van der Waals surface area (Å²) in [6, 6.07) is 3.63. The third-order valence-electron chi connectivity index (χ3n) is 2.25. The van der Waals surface area contributed by atoms with Gasteiger partial charge in [-0.15, -0.1) is 0 Å². The first-order chi connectivity index (χ1) is 7.35. The Bertz CT molecular complexity index is 390. The molecule has 0 fully saturated rings. The van der Waals surface area contributed by atoms with Crippen LogP contribution in [0.2, 0.25) is 0 Å². The lowest BCUT2D eigenvalue weighted by Crippen LogP contribution is -2.20. The Morgan fingerprint density at radius 2 is 2.47 bits per heavy atom. The van der Waals surface area contributed by atoms with E-state index in [-0.39, 0.29) is 0 Å². The standard InChI is InChI=1S/C10H13N3O2/c1-2-15-9-4-3-7-8(13-14)5-6-11-10(7)12-9/h3-4,14H,2,5-6H2,1H3,(H,11,12)/b13-8+. The Morgan fingerprint density at radius 1 is 1.60 bits per heavy atom. The fourth-order valence-corrected chi connectivity index (χ4v) is 1.57. The quantitative estimate of drug-likeness (QED) is 0.569. The molecule has 0 bridgehead atoms. The van der Waals surface area contributed by atoms with Gasteiger partial charge in [0, 0.05) is 24.6 Å². The summed E-state index contributed by atoms with van der Waals surface area (Å²) < 4.78 is 5.29. The Morgan fingerprint density at radius 3 is 3.20 bits per heavy atom. The molecular formula is C10H13N3O2. The lowest BCUT2D eigenvalue weighted by molar-refractivity contribution is 0.317. The molecule has 0 spiro atoms. The van der Waals surface area contributed by atoms with Gasteiger partial charge in [0.05, 0.1) is 12.3 Å². The van der Waals surface area contributed by atoms with Gasteiger partial charge in [-0.1, -0.05) is 5.16 Å². The van der Waals surface area contributed by atoms with Gasteiger partial charge in [0.15, 0.2) is 0 Å². The minimum Gasteiger partial charge on any atom is -0.478 e. The second-order valence-electron chi connectivity index (χ2n) is 3.20. The van der Waals surface area contributed by atoms with Gasteiger partial charge in [0.1, 0.15) is 5.82 Å². The van der Waals surface area contributed by atoms with Gasteiger partial charge < -0.3 is 15.3 Å². The molecule has 2 rings (SSSR count). The monoisotopic (exact) mass is 207 g/mol. The van der Waals surface area contributed by atoms with E-state index in [0.29, 0.717) is 24.6 Å². The third kappa shape index (κ3) is 1.86. The highest BCUT2D eigenvalue weighted by Crippen LogP contribution is 2.23. The summed E-state index contributed by atoms with van der Waals surface area (Å²) in [5, 5.41) is 15.2. The number of aromatic nitrogens is 1. The van der Waals surface area contributed by atoms with Crippen molar-refractivity contribution < 1.29 is 9.94 Å². The molecule has 80 valence electrons. The van der Waals surface area contributed by atoms with E-state index < -0.39 is 0 Å². The normalized spacial score (nSPS) is 17.0. The van der Waals surface area contributed by atoms with Gasteiger partial charge in [0.2, 0.25) is 5.88 Å². The van der Waals surface area contributed by atoms with Crippen molar-refractivity contribution >= 4 is 11.5 Å². The summed E-state index contributed by atoms with van der Waals surface area (Å²) in [7, 11) is 0. The molecule has 2 N–H and O–H groups in total. The van der Waals surface area contributed by atoms with Crippen molar-refractivity contribution in [1.82, 2.24) is 4.98 Å². The van der Waals surface area contributed by atoms with Gasteiger partial charge in [-0.2, -0.15) is 4.98 Å². The number of ether oxygens (including phenoxy) is 1. The van der Waals surface area contributed by atoms with E-state index in [0.717, 1.165) is 17.9 Å². The lowest BCUT2D eigenvalue weighted by atomic mass is 10.1. The van der Waals surface area contributed by atoms with Crippen LogP contribution in [-0.4, -0.2) is 29.1 Å². The highest BCUT2D eigenvalue weighted by molar-refractivity contribution is 6.05. The minimum atomic E-state index is 0.586. The number of nitrogens with zero attached hydrogens (tertiary/aromatic N) is 2. The van der Waals surface area contributed by atoms with E-state index in [1.807, 2.05) is 13.0 Å². The zero-order valence-corrected chi connectivity index (χ0v) is 8.53. The predicted octanol–water partition coefficient (Wildman–Crippen LogP) is 1.47. The van der Waals surface area contributed by atoms with Crippen LogP contribution < -0.4 is 10.1 Å². The van der Waals surface area contributed by atoms with Crippen LogP contribution in [0.15, 0.2) is 17.3 Å². The van der Waals surface area contributed by atoms with E-state index >= 15 is 0 Å². The van der Waals surface area contributed by atoms with E-state index in [9.17, 15) is 0 Å². The average molecular weight is 207 g/mol. The van der Waals surface area contributed by atoms with Crippen LogP contribution in [0.5, 0.6) is 5.88 Å². The summed E-state index contributed by atoms with van der Waals surface area (Å²) in [4.78, 5) is 4.28. The topological polar surface area (TPSA) is 66.7 Å². The van der Waals surface area contributed by atoms with Crippen molar-refractivity contribution in [3.8, 4) is 5.88 Å². The molecule has 1 aromatic heterocycles. The number of oxime groups is 1. The van der Waals surface area contributed by atoms with E-state index in [4.69, 9.17) is 9.94 Å². The molecule has 1 aliphatic rings. The third-order valence-corrected chi connectivity index (χ3v) is 2.25. The second-order valence-corrected chi connectivity index (χ2v) is 3.20. The molecule has 0 aromatic carbocycles. The van der Waals surface area contributed by atoms with Crippen molar-refractivity contribution in [2.75, 3.05) is 18.5 Å². The maximum absolute atomic E-state index is 8.81. The van der Waals surface area contributed by atoms with Crippen LogP contribution in [0.3, 0.4) is 0 Å². The Labute approximate surface area is 87.8 Å². The molecule has 5 nitrogen and oxygen atoms in total. The van der Waals surface area contributed by atoms with Gasteiger partial charge >= 0.3 is 0 Å². The Hall–Kier alpha value is -1.78. The number of rotatable bonds is 2. The second kappa shape index (κ2) is 4.16. The molecular weight excluding hydrogens is 194 g/mol. The van der Waals surface area contributed by atoms with E-state index in [1.165, 1.54) is 0 Å². The molecule has 1 aliphatic heterocycles. The highest BCUT2D eigenvalue weighted by atomic mass is 16.5. The highest BCUT2D eigenvalue weighted by Gasteiger charge is 2.17. The molecule has 1 aromatic rings. The van der Waals surface area contributed by atoms with Crippen molar-refractivity contribution in [1.29, 1.82) is 0 Å². The molecule has 0 atom stereocenters. The zero-order valence-electron chi connectivity index (χ0n) is 8.53. The maximum Gasteiger partial charge on any atom is 0.215 e. The first-order valence-electron chi connectivity index (χ1n) is 4.94. The summed E-state index contributed by atoms with van der Waals surface area (Å²) in [5.41, 5.74) is 1.51. The first-order valence-corrected chi connectivity index (χ1v) is 4.94. The van der Waals surface area contributed by atoms with Crippen LogP contribution in [0.25, 0.3) is 0 Å². The summed E-state index contributed by atoms with van der Waals surface area (Å²) in [5.74, 6) is 1.31. The molecule has 2 heterocycles. The van der Waals surface area contributed by atoms with Crippen molar-refractivity contribution in [2.24, 2.45) is 5.16 Å². The summed E-state index contributed by atoms with van der Waals surface area (Å²) in [6.45, 7) is 3.23. The Balaban J connectivity index is 2.36. The molecule has 0 amide bonds. The maximum atomic E-state index is 8.81. The molecule has 0 saturated heterocycles. The van der Waals surface area contributed by atoms with Crippen molar-refractivity contribution in [3.05, 3.63) is 17.7 Å². The largest absolute Gasteiger partial charge is 0.478 e. The number of hydrogen-bond donors (Lipinski definition) is 2. The minimum absolute atomic E-state index is 0.586. The lowest BCUT2D eigenvalue weighted by Gasteiger charge is -2.18. The number of hydrogen-bond acceptors (Lipinski definition) is 5. The molecule has 15 heavy (non-hydrogen) atoms. The van der Waals surface area contributed by atoms with Gasteiger partial charge in [-0.3, -0.25) is 0 Å². The zero-order chi connectivity index (χ0) is 10.7. The summed E-state index contributed by atoms with van der Waals surface area (Å²) >= 11 is 0. The fraction of sp³-hybridized carbons (Fsp3) is 0.400. The smallest absolute Gasteiger partial charge is 0.215 e. The average Bonchev–Trinajstić information content (AvgIpc) is 2.28. The SMILES string of the molecule is CCOc1ccc2c(n1)NCC/C2=N\O. The number of fused-ring (bicyclic) bond motifs is 1. The molecule has 5 heteroatoms.